The van der Waals surface area contributed by atoms with E-state index in [1.165, 1.54) is 5.56 Å². The number of sulfonamides is 1. The third-order valence-electron chi connectivity index (χ3n) is 3.07. The predicted molar refractivity (Wildman–Crippen MR) is 83.7 cm³/mol. The maximum atomic E-state index is 12.2. The molecule has 5 nitrogen and oxygen atoms in total. The summed E-state index contributed by atoms with van der Waals surface area (Å²) in [4.78, 5) is 4.18. The lowest BCUT2D eigenvalue weighted by Crippen LogP contribution is -2.26. The summed E-state index contributed by atoms with van der Waals surface area (Å²) < 4.78 is 27.1. The predicted octanol–water partition coefficient (Wildman–Crippen LogP) is 2.03. The van der Waals surface area contributed by atoms with Gasteiger partial charge in [-0.25, -0.2) is 18.1 Å². The minimum atomic E-state index is -3.53. The van der Waals surface area contributed by atoms with Crippen molar-refractivity contribution >= 4 is 15.8 Å². The molecule has 112 valence electrons. The summed E-state index contributed by atoms with van der Waals surface area (Å²) in [7, 11) is -1.88. The van der Waals surface area contributed by atoms with Crippen molar-refractivity contribution in [3.8, 4) is 0 Å². The lowest BCUT2D eigenvalue weighted by molar-refractivity contribution is 0.579. The molecule has 21 heavy (non-hydrogen) atoms. The molecule has 0 aliphatic heterocycles. The molecule has 0 unspecified atom stereocenters. The second kappa shape index (κ2) is 7.19. The van der Waals surface area contributed by atoms with Gasteiger partial charge in [0, 0.05) is 19.8 Å². The van der Waals surface area contributed by atoms with Gasteiger partial charge in [0.05, 0.1) is 0 Å². The maximum absolute atomic E-state index is 12.2. The Morgan fingerprint density at radius 1 is 1.10 bits per heavy atom. The van der Waals surface area contributed by atoms with Crippen LogP contribution >= 0.6 is 0 Å². The van der Waals surface area contributed by atoms with Gasteiger partial charge in [-0.1, -0.05) is 30.3 Å². The minimum Gasteiger partial charge on any atom is -0.372 e. The number of benzene rings is 1. The maximum Gasteiger partial charge on any atom is 0.244 e. The van der Waals surface area contributed by atoms with Crippen LogP contribution in [-0.2, 0) is 16.4 Å². The van der Waals surface area contributed by atoms with E-state index in [1.54, 1.807) is 25.4 Å². The van der Waals surface area contributed by atoms with Crippen LogP contribution < -0.4 is 10.0 Å². The lowest BCUT2D eigenvalue weighted by atomic mass is 10.1. The van der Waals surface area contributed by atoms with Gasteiger partial charge in [0.1, 0.15) is 10.7 Å². The van der Waals surface area contributed by atoms with Gasteiger partial charge >= 0.3 is 0 Å². The first-order valence-electron chi connectivity index (χ1n) is 6.80. The van der Waals surface area contributed by atoms with E-state index in [-0.39, 0.29) is 4.90 Å². The van der Waals surface area contributed by atoms with Crippen molar-refractivity contribution < 1.29 is 8.42 Å². The molecule has 0 saturated heterocycles. The second-order valence-corrected chi connectivity index (χ2v) is 6.32. The van der Waals surface area contributed by atoms with Crippen molar-refractivity contribution in [2.75, 3.05) is 18.9 Å². The van der Waals surface area contributed by atoms with Crippen molar-refractivity contribution in [2.24, 2.45) is 0 Å². The molecule has 6 heteroatoms. The Hall–Kier alpha value is -1.92. The van der Waals surface area contributed by atoms with Crippen LogP contribution in [0, 0.1) is 0 Å². The number of aromatic nitrogens is 1. The summed E-state index contributed by atoms with van der Waals surface area (Å²) in [6.45, 7) is 0.398. The van der Waals surface area contributed by atoms with Crippen molar-refractivity contribution in [3.63, 3.8) is 0 Å². The minimum absolute atomic E-state index is 0.173. The number of aryl methyl sites for hydroxylation is 1. The zero-order valence-corrected chi connectivity index (χ0v) is 12.7. The molecule has 1 aromatic carbocycles. The molecule has 2 rings (SSSR count). The Balaban J connectivity index is 1.93. The topological polar surface area (TPSA) is 71.1 Å². The average Bonchev–Trinajstić information content (AvgIpc) is 2.52. The standard InChI is InChI=1S/C15H19N3O2S/c1-16-15-14(10-6-11-17-15)21(19,20)18-12-5-9-13-7-3-2-4-8-13/h2-4,6-8,10-11,18H,5,9,12H2,1H3,(H,16,17). The Bertz CT molecular complexity index is 672. The first-order valence-corrected chi connectivity index (χ1v) is 8.28. The molecule has 0 aliphatic carbocycles. The van der Waals surface area contributed by atoms with Crippen LogP contribution in [0.15, 0.2) is 53.6 Å². The molecule has 2 N–H and O–H groups in total. The quantitative estimate of drug-likeness (QED) is 0.768. The largest absolute Gasteiger partial charge is 0.372 e. The highest BCUT2D eigenvalue weighted by Crippen LogP contribution is 2.16. The molecule has 0 atom stereocenters. The summed E-state index contributed by atoms with van der Waals surface area (Å²) >= 11 is 0. The van der Waals surface area contributed by atoms with Crippen LogP contribution in [0.25, 0.3) is 0 Å². The first kappa shape index (κ1) is 15.5. The number of nitrogens with one attached hydrogen (secondary N) is 2. The second-order valence-electron chi connectivity index (χ2n) is 4.59. The highest BCUT2D eigenvalue weighted by Gasteiger charge is 2.17. The molecule has 0 spiro atoms. The Labute approximate surface area is 125 Å². The van der Waals surface area contributed by atoms with E-state index in [9.17, 15) is 8.42 Å². The fourth-order valence-electron chi connectivity index (χ4n) is 2.02. The van der Waals surface area contributed by atoms with Crippen LogP contribution in [0.2, 0.25) is 0 Å². The SMILES string of the molecule is CNc1ncccc1S(=O)(=O)NCCCc1ccccc1. The van der Waals surface area contributed by atoms with E-state index in [2.05, 4.69) is 15.0 Å². The summed E-state index contributed by atoms with van der Waals surface area (Å²) in [6.07, 6.45) is 3.15. The molecule has 0 fully saturated rings. The van der Waals surface area contributed by atoms with E-state index in [0.717, 1.165) is 12.8 Å². The normalized spacial score (nSPS) is 11.3. The third kappa shape index (κ3) is 4.27. The number of nitrogens with zero attached hydrogens (tertiary/aromatic N) is 1. The Morgan fingerprint density at radius 2 is 1.86 bits per heavy atom. The van der Waals surface area contributed by atoms with Gasteiger partial charge in [-0.2, -0.15) is 0 Å². The van der Waals surface area contributed by atoms with Crippen molar-refractivity contribution in [3.05, 3.63) is 54.2 Å². The summed E-state index contributed by atoms with van der Waals surface area (Å²) in [5.41, 5.74) is 1.20. The highest BCUT2D eigenvalue weighted by atomic mass is 32.2. The zero-order valence-electron chi connectivity index (χ0n) is 11.9. The van der Waals surface area contributed by atoms with Crippen LogP contribution in [0.4, 0.5) is 5.82 Å². The van der Waals surface area contributed by atoms with E-state index < -0.39 is 10.0 Å². The van der Waals surface area contributed by atoms with Gasteiger partial charge in [-0.3, -0.25) is 0 Å². The number of hydrogen-bond acceptors (Lipinski definition) is 4. The highest BCUT2D eigenvalue weighted by molar-refractivity contribution is 7.89. The number of anilines is 1. The molecule has 2 aromatic rings. The Kier molecular flexibility index (Phi) is 5.30. The van der Waals surface area contributed by atoms with Gasteiger partial charge in [-0.15, -0.1) is 0 Å². The first-order chi connectivity index (χ1) is 10.1. The molecule has 1 aromatic heterocycles. The molecule has 0 aliphatic rings. The Morgan fingerprint density at radius 3 is 2.57 bits per heavy atom. The summed E-state index contributed by atoms with van der Waals surface area (Å²) in [6, 6.07) is 13.2. The summed E-state index contributed by atoms with van der Waals surface area (Å²) in [5.74, 6) is 0.355. The average molecular weight is 305 g/mol. The van der Waals surface area contributed by atoms with Gasteiger partial charge in [0.15, 0.2) is 0 Å². The fraction of sp³-hybridized carbons (Fsp3) is 0.267. The van der Waals surface area contributed by atoms with E-state index in [1.807, 2.05) is 30.3 Å². The van der Waals surface area contributed by atoms with E-state index in [0.29, 0.717) is 12.4 Å². The van der Waals surface area contributed by atoms with Gasteiger partial charge < -0.3 is 5.32 Å². The van der Waals surface area contributed by atoms with Gasteiger partial charge in [0.2, 0.25) is 10.0 Å². The number of rotatable bonds is 7. The summed E-state index contributed by atoms with van der Waals surface area (Å²) in [5, 5.41) is 2.79. The van der Waals surface area contributed by atoms with Crippen molar-refractivity contribution in [1.82, 2.24) is 9.71 Å². The molecule has 0 saturated carbocycles. The molecular weight excluding hydrogens is 286 g/mol. The molecule has 1 heterocycles. The monoisotopic (exact) mass is 305 g/mol. The lowest BCUT2D eigenvalue weighted by Gasteiger charge is -2.10. The van der Waals surface area contributed by atoms with E-state index in [4.69, 9.17) is 0 Å². The molecule has 0 amide bonds. The van der Waals surface area contributed by atoms with Crippen LogP contribution in [0.1, 0.15) is 12.0 Å². The molecule has 0 bridgehead atoms. The number of pyridine rings is 1. The van der Waals surface area contributed by atoms with E-state index >= 15 is 0 Å². The van der Waals surface area contributed by atoms with Crippen molar-refractivity contribution in [2.45, 2.75) is 17.7 Å². The zero-order chi connectivity index (χ0) is 15.1. The van der Waals surface area contributed by atoms with Crippen molar-refractivity contribution in [1.29, 1.82) is 0 Å². The molecule has 0 radical (unpaired) electrons. The van der Waals surface area contributed by atoms with Crippen LogP contribution in [-0.4, -0.2) is 27.0 Å². The molecular formula is C15H19N3O2S. The van der Waals surface area contributed by atoms with Crippen LogP contribution in [0.5, 0.6) is 0 Å². The van der Waals surface area contributed by atoms with Crippen LogP contribution in [0.3, 0.4) is 0 Å². The number of hydrogen-bond donors (Lipinski definition) is 2. The smallest absolute Gasteiger partial charge is 0.244 e. The van der Waals surface area contributed by atoms with Gasteiger partial charge in [-0.05, 0) is 30.5 Å². The fourth-order valence-corrected chi connectivity index (χ4v) is 3.25. The van der Waals surface area contributed by atoms with Gasteiger partial charge in [0.25, 0.3) is 0 Å². The third-order valence-corrected chi connectivity index (χ3v) is 4.57.